The summed E-state index contributed by atoms with van der Waals surface area (Å²) < 4.78 is 4.74. The molecule has 0 atom stereocenters. The van der Waals surface area contributed by atoms with Gasteiger partial charge in [-0.2, -0.15) is 0 Å². The molecule has 0 spiro atoms. The van der Waals surface area contributed by atoms with Gasteiger partial charge in [0.05, 0.1) is 0 Å². The molecule has 0 aliphatic heterocycles. The fraction of sp³-hybridized carbons (Fsp3) is 0.571. The van der Waals surface area contributed by atoms with E-state index < -0.39 is 0 Å². The van der Waals surface area contributed by atoms with Crippen LogP contribution in [0.4, 0.5) is 0 Å². The van der Waals surface area contributed by atoms with Crippen LogP contribution in [-0.2, 0) is 9.53 Å². The summed E-state index contributed by atoms with van der Waals surface area (Å²) in [6.45, 7) is 1.94. The Morgan fingerprint density at radius 1 is 1.89 bits per heavy atom. The standard InChI is InChI=1S/C7H10O2/c1-6(8)9-5-7-3-2-4-7/h3H,2,4-5H2,1H3. The molecule has 0 amide bonds. The van der Waals surface area contributed by atoms with Gasteiger partial charge in [-0.1, -0.05) is 6.08 Å². The van der Waals surface area contributed by atoms with Crippen LogP contribution in [0.1, 0.15) is 19.8 Å². The minimum Gasteiger partial charge on any atom is -0.461 e. The largest absolute Gasteiger partial charge is 0.461 e. The minimum absolute atomic E-state index is 0.192. The van der Waals surface area contributed by atoms with E-state index in [1.54, 1.807) is 0 Å². The predicted octanol–water partition coefficient (Wildman–Crippen LogP) is 1.27. The van der Waals surface area contributed by atoms with Gasteiger partial charge in [-0.3, -0.25) is 4.79 Å². The number of allylic oxidation sites excluding steroid dienone is 1. The minimum atomic E-state index is -0.192. The maximum absolute atomic E-state index is 10.2. The molecule has 1 rings (SSSR count). The molecular formula is C7H10O2. The Hall–Kier alpha value is -0.790. The van der Waals surface area contributed by atoms with E-state index in [1.807, 2.05) is 0 Å². The summed E-state index contributed by atoms with van der Waals surface area (Å²) in [5.74, 6) is -0.192. The summed E-state index contributed by atoms with van der Waals surface area (Å²) in [7, 11) is 0. The molecular weight excluding hydrogens is 116 g/mol. The fourth-order valence-electron chi connectivity index (χ4n) is 0.674. The van der Waals surface area contributed by atoms with Crippen LogP contribution in [0, 0.1) is 0 Å². The molecule has 0 unspecified atom stereocenters. The van der Waals surface area contributed by atoms with Crippen molar-refractivity contribution in [2.75, 3.05) is 6.61 Å². The summed E-state index contributed by atoms with van der Waals surface area (Å²) in [6, 6.07) is 0. The van der Waals surface area contributed by atoms with Crippen LogP contribution < -0.4 is 0 Å². The average molecular weight is 126 g/mol. The molecule has 50 valence electrons. The Bertz CT molecular complexity index is 147. The third-order valence-corrected chi connectivity index (χ3v) is 1.36. The van der Waals surface area contributed by atoms with Crippen LogP contribution in [0.15, 0.2) is 11.6 Å². The number of carbonyl (C=O) groups is 1. The smallest absolute Gasteiger partial charge is 0.302 e. The third-order valence-electron chi connectivity index (χ3n) is 1.36. The van der Waals surface area contributed by atoms with E-state index in [0.717, 1.165) is 12.8 Å². The van der Waals surface area contributed by atoms with Crippen LogP contribution in [0.3, 0.4) is 0 Å². The van der Waals surface area contributed by atoms with E-state index in [-0.39, 0.29) is 5.97 Å². The maximum atomic E-state index is 10.2. The van der Waals surface area contributed by atoms with Crippen molar-refractivity contribution in [1.82, 2.24) is 0 Å². The highest BCUT2D eigenvalue weighted by atomic mass is 16.5. The van der Waals surface area contributed by atoms with Crippen molar-refractivity contribution in [3.05, 3.63) is 11.6 Å². The van der Waals surface area contributed by atoms with E-state index in [0.29, 0.717) is 6.61 Å². The summed E-state index contributed by atoms with van der Waals surface area (Å²) in [5, 5.41) is 0. The van der Waals surface area contributed by atoms with Gasteiger partial charge in [-0.15, -0.1) is 0 Å². The second-order valence-electron chi connectivity index (χ2n) is 2.18. The fourth-order valence-corrected chi connectivity index (χ4v) is 0.674. The van der Waals surface area contributed by atoms with Gasteiger partial charge in [0.2, 0.25) is 0 Å². The second kappa shape index (κ2) is 2.67. The number of carbonyl (C=O) groups excluding carboxylic acids is 1. The molecule has 0 bridgehead atoms. The Balaban J connectivity index is 2.12. The molecule has 0 saturated heterocycles. The summed E-state index contributed by atoms with van der Waals surface area (Å²) >= 11 is 0. The Morgan fingerprint density at radius 2 is 2.56 bits per heavy atom. The van der Waals surface area contributed by atoms with Gasteiger partial charge in [0.15, 0.2) is 0 Å². The van der Waals surface area contributed by atoms with Crippen LogP contribution in [-0.4, -0.2) is 12.6 Å². The normalized spacial score (nSPS) is 15.9. The Morgan fingerprint density at radius 3 is 2.89 bits per heavy atom. The zero-order valence-electron chi connectivity index (χ0n) is 5.52. The topological polar surface area (TPSA) is 26.3 Å². The zero-order chi connectivity index (χ0) is 6.69. The van der Waals surface area contributed by atoms with E-state index in [9.17, 15) is 4.79 Å². The first-order valence-corrected chi connectivity index (χ1v) is 3.10. The summed E-state index contributed by atoms with van der Waals surface area (Å²) in [6.07, 6.45) is 4.35. The molecule has 0 aromatic carbocycles. The van der Waals surface area contributed by atoms with Gasteiger partial charge in [-0.05, 0) is 18.4 Å². The molecule has 9 heavy (non-hydrogen) atoms. The lowest BCUT2D eigenvalue weighted by atomic mass is 10.0. The van der Waals surface area contributed by atoms with Gasteiger partial charge in [0.25, 0.3) is 0 Å². The lowest BCUT2D eigenvalue weighted by Crippen LogP contribution is -2.06. The highest BCUT2D eigenvalue weighted by molar-refractivity contribution is 5.66. The monoisotopic (exact) mass is 126 g/mol. The molecule has 0 N–H and O–H groups in total. The molecule has 0 aromatic rings. The maximum Gasteiger partial charge on any atom is 0.302 e. The number of hydrogen-bond acceptors (Lipinski definition) is 2. The Labute approximate surface area is 54.5 Å². The van der Waals surface area contributed by atoms with Crippen LogP contribution in [0.5, 0.6) is 0 Å². The summed E-state index contributed by atoms with van der Waals surface area (Å²) in [4.78, 5) is 10.2. The van der Waals surface area contributed by atoms with E-state index in [2.05, 4.69) is 6.08 Å². The number of esters is 1. The lowest BCUT2D eigenvalue weighted by molar-refractivity contribution is -0.140. The molecule has 0 saturated carbocycles. The van der Waals surface area contributed by atoms with E-state index in [1.165, 1.54) is 12.5 Å². The van der Waals surface area contributed by atoms with Crippen molar-refractivity contribution in [2.24, 2.45) is 0 Å². The molecule has 1 aliphatic carbocycles. The first kappa shape index (κ1) is 6.33. The second-order valence-corrected chi connectivity index (χ2v) is 2.18. The van der Waals surface area contributed by atoms with E-state index in [4.69, 9.17) is 4.74 Å². The van der Waals surface area contributed by atoms with Gasteiger partial charge in [0, 0.05) is 6.92 Å². The number of rotatable bonds is 2. The number of ether oxygens (including phenoxy) is 1. The lowest BCUT2D eigenvalue weighted by Gasteiger charge is -2.12. The number of hydrogen-bond donors (Lipinski definition) is 0. The van der Waals surface area contributed by atoms with Crippen LogP contribution in [0.2, 0.25) is 0 Å². The Kier molecular flexibility index (Phi) is 1.88. The van der Waals surface area contributed by atoms with Gasteiger partial charge in [-0.25, -0.2) is 0 Å². The van der Waals surface area contributed by atoms with E-state index >= 15 is 0 Å². The predicted molar refractivity (Wildman–Crippen MR) is 33.9 cm³/mol. The first-order chi connectivity index (χ1) is 4.29. The summed E-state index contributed by atoms with van der Waals surface area (Å²) in [5.41, 5.74) is 1.25. The molecule has 0 radical (unpaired) electrons. The van der Waals surface area contributed by atoms with Crippen molar-refractivity contribution >= 4 is 5.97 Å². The molecule has 2 nitrogen and oxygen atoms in total. The first-order valence-electron chi connectivity index (χ1n) is 3.10. The molecule has 0 aromatic heterocycles. The quantitative estimate of drug-likeness (QED) is 0.411. The molecule has 0 heterocycles. The van der Waals surface area contributed by atoms with Crippen LogP contribution >= 0.6 is 0 Å². The van der Waals surface area contributed by atoms with Crippen molar-refractivity contribution in [3.8, 4) is 0 Å². The van der Waals surface area contributed by atoms with Crippen LogP contribution in [0.25, 0.3) is 0 Å². The zero-order valence-corrected chi connectivity index (χ0v) is 5.52. The highest BCUT2D eigenvalue weighted by Crippen LogP contribution is 2.17. The molecule has 0 fully saturated rings. The SMILES string of the molecule is CC(=O)OCC1=CCC1. The van der Waals surface area contributed by atoms with Crippen molar-refractivity contribution in [3.63, 3.8) is 0 Å². The molecule has 1 aliphatic rings. The average Bonchev–Trinajstić information content (AvgIpc) is 1.60. The van der Waals surface area contributed by atoms with Gasteiger partial charge >= 0.3 is 5.97 Å². The third kappa shape index (κ3) is 1.88. The van der Waals surface area contributed by atoms with Crippen molar-refractivity contribution < 1.29 is 9.53 Å². The highest BCUT2D eigenvalue weighted by Gasteiger charge is 2.05. The van der Waals surface area contributed by atoms with Crippen molar-refractivity contribution in [1.29, 1.82) is 0 Å². The molecule has 2 heteroatoms. The van der Waals surface area contributed by atoms with Crippen molar-refractivity contribution in [2.45, 2.75) is 19.8 Å². The van der Waals surface area contributed by atoms with Gasteiger partial charge in [0.1, 0.15) is 6.61 Å². The van der Waals surface area contributed by atoms with Gasteiger partial charge < -0.3 is 4.74 Å².